The lowest BCUT2D eigenvalue weighted by atomic mass is 9.73. The summed E-state index contributed by atoms with van der Waals surface area (Å²) in [5.41, 5.74) is 2.89. The van der Waals surface area contributed by atoms with Gasteiger partial charge < -0.3 is 20.3 Å². The van der Waals surface area contributed by atoms with Crippen LogP contribution in [0, 0.1) is 6.92 Å². The minimum atomic E-state index is -0.476. The molecule has 2 aliphatic rings. The first-order valence-corrected chi connectivity index (χ1v) is 11.6. The van der Waals surface area contributed by atoms with Crippen molar-refractivity contribution in [3.8, 4) is 0 Å². The van der Waals surface area contributed by atoms with Crippen LogP contribution >= 0.6 is 11.6 Å². The summed E-state index contributed by atoms with van der Waals surface area (Å²) in [5, 5.41) is 11.2. The molecule has 1 atom stereocenters. The lowest BCUT2D eigenvalue weighted by Crippen LogP contribution is -2.64. The van der Waals surface area contributed by atoms with Crippen LogP contribution in [0.2, 0.25) is 5.15 Å². The molecule has 10 nitrogen and oxygen atoms in total. The molecule has 5 rings (SSSR count). The molecule has 1 aliphatic carbocycles. The minimum absolute atomic E-state index is 0.0770. The van der Waals surface area contributed by atoms with Gasteiger partial charge in [-0.05, 0) is 43.9 Å². The summed E-state index contributed by atoms with van der Waals surface area (Å²) in [4.78, 5) is 28.2. The van der Waals surface area contributed by atoms with Crippen molar-refractivity contribution in [1.82, 2.24) is 24.7 Å². The summed E-state index contributed by atoms with van der Waals surface area (Å²) in [7, 11) is 3.57. The molecule has 0 saturated heterocycles. The van der Waals surface area contributed by atoms with Crippen molar-refractivity contribution >= 4 is 35.0 Å². The van der Waals surface area contributed by atoms with E-state index < -0.39 is 11.6 Å². The summed E-state index contributed by atoms with van der Waals surface area (Å²) in [5.74, 6) is 1.10. The van der Waals surface area contributed by atoms with E-state index in [9.17, 15) is 4.79 Å². The van der Waals surface area contributed by atoms with Crippen LogP contribution in [0.3, 0.4) is 0 Å². The Morgan fingerprint density at radius 3 is 2.85 bits per heavy atom. The third-order valence-corrected chi connectivity index (χ3v) is 6.87. The van der Waals surface area contributed by atoms with Gasteiger partial charge in [-0.3, -0.25) is 9.48 Å². The largest absolute Gasteiger partial charge is 0.376 e. The highest BCUT2D eigenvalue weighted by atomic mass is 35.5. The number of methoxy groups -OCH3 is 1. The predicted octanol–water partition coefficient (Wildman–Crippen LogP) is 3.02. The highest BCUT2D eigenvalue weighted by Gasteiger charge is 2.52. The standard InChI is InChI=1S/C23H27ClN8O2/c1-14-18-20(31(2)19(21(33)29-18)23(34-3)6-4-7-23)30-22(28-14)26-10-16-11-27-32(13-16)12-15-5-8-25-17(24)9-15/h5,8-9,11,13,19H,4,6-7,10,12H2,1-3H3,(H,29,33)(H,26,28,30). The van der Waals surface area contributed by atoms with Crippen molar-refractivity contribution in [2.75, 3.05) is 29.7 Å². The van der Waals surface area contributed by atoms with Gasteiger partial charge in [-0.25, -0.2) is 9.97 Å². The summed E-state index contributed by atoms with van der Waals surface area (Å²) in [6.45, 7) is 2.98. The Labute approximate surface area is 202 Å². The highest BCUT2D eigenvalue weighted by Crippen LogP contribution is 2.44. The maximum atomic E-state index is 12.9. The van der Waals surface area contributed by atoms with Gasteiger partial charge in [-0.1, -0.05) is 11.6 Å². The number of halogens is 1. The number of rotatable bonds is 7. The summed E-state index contributed by atoms with van der Waals surface area (Å²) in [6.07, 6.45) is 8.22. The Morgan fingerprint density at radius 1 is 1.32 bits per heavy atom. The van der Waals surface area contributed by atoms with Crippen molar-refractivity contribution in [2.24, 2.45) is 0 Å². The molecule has 3 aromatic heterocycles. The Morgan fingerprint density at radius 2 is 2.15 bits per heavy atom. The quantitative estimate of drug-likeness (QED) is 0.494. The van der Waals surface area contributed by atoms with E-state index in [2.05, 4.69) is 25.7 Å². The highest BCUT2D eigenvalue weighted by molar-refractivity contribution is 6.29. The van der Waals surface area contributed by atoms with Crippen LogP contribution in [-0.4, -0.2) is 56.4 Å². The number of aryl methyl sites for hydroxylation is 1. The molecule has 1 saturated carbocycles. The molecule has 34 heavy (non-hydrogen) atoms. The molecule has 0 radical (unpaired) electrons. The van der Waals surface area contributed by atoms with E-state index in [1.807, 2.05) is 48.1 Å². The van der Waals surface area contributed by atoms with Crippen LogP contribution in [0.5, 0.6) is 0 Å². The zero-order valence-electron chi connectivity index (χ0n) is 19.4. The number of carbonyl (C=O) groups is 1. The van der Waals surface area contributed by atoms with E-state index in [4.69, 9.17) is 21.3 Å². The molecule has 1 aliphatic heterocycles. The minimum Gasteiger partial charge on any atom is -0.376 e. The number of hydrogen-bond donors (Lipinski definition) is 2. The van der Waals surface area contributed by atoms with Crippen LogP contribution < -0.4 is 15.5 Å². The fourth-order valence-corrected chi connectivity index (χ4v) is 4.92. The monoisotopic (exact) mass is 482 g/mol. The number of amides is 1. The molecular formula is C23H27ClN8O2. The first-order chi connectivity index (χ1) is 16.4. The summed E-state index contributed by atoms with van der Waals surface area (Å²) in [6, 6.07) is 3.31. The van der Waals surface area contributed by atoms with Gasteiger partial charge in [0.2, 0.25) is 11.9 Å². The number of nitrogens with zero attached hydrogens (tertiary/aromatic N) is 6. The number of carbonyl (C=O) groups excluding carboxylic acids is 1. The van der Waals surface area contributed by atoms with Crippen molar-refractivity contribution < 1.29 is 9.53 Å². The smallest absolute Gasteiger partial charge is 0.250 e. The molecule has 0 bridgehead atoms. The van der Waals surface area contributed by atoms with Gasteiger partial charge in [0.05, 0.1) is 24.0 Å². The molecule has 3 aromatic rings. The van der Waals surface area contributed by atoms with E-state index in [1.165, 1.54) is 0 Å². The van der Waals surface area contributed by atoms with Gasteiger partial charge in [-0.15, -0.1) is 0 Å². The molecule has 1 amide bonds. The Hall–Kier alpha value is -3.24. The first-order valence-electron chi connectivity index (χ1n) is 11.2. The molecule has 0 spiro atoms. The lowest BCUT2D eigenvalue weighted by Gasteiger charge is -2.50. The number of aromatic nitrogens is 5. The van der Waals surface area contributed by atoms with Crippen molar-refractivity contribution in [3.63, 3.8) is 0 Å². The molecule has 178 valence electrons. The zero-order chi connectivity index (χ0) is 23.9. The average Bonchev–Trinajstić information content (AvgIpc) is 3.22. The average molecular weight is 483 g/mol. The van der Waals surface area contributed by atoms with E-state index in [0.717, 1.165) is 30.4 Å². The van der Waals surface area contributed by atoms with E-state index in [0.29, 0.717) is 41.4 Å². The van der Waals surface area contributed by atoms with Gasteiger partial charge in [0.1, 0.15) is 16.9 Å². The summed E-state index contributed by atoms with van der Waals surface area (Å²) >= 11 is 5.97. The number of anilines is 3. The van der Waals surface area contributed by atoms with Crippen molar-refractivity contribution in [1.29, 1.82) is 0 Å². The van der Waals surface area contributed by atoms with E-state index in [1.54, 1.807) is 13.3 Å². The van der Waals surface area contributed by atoms with Crippen molar-refractivity contribution in [2.45, 2.75) is 50.9 Å². The maximum Gasteiger partial charge on any atom is 0.250 e. The number of fused-ring (bicyclic) bond motifs is 1. The topological polar surface area (TPSA) is 110 Å². The second kappa shape index (κ2) is 8.84. The fraction of sp³-hybridized carbons (Fsp3) is 0.435. The molecule has 11 heteroatoms. The predicted molar refractivity (Wildman–Crippen MR) is 129 cm³/mol. The van der Waals surface area contributed by atoms with Gasteiger partial charge in [0.15, 0.2) is 5.82 Å². The molecule has 1 fully saturated rings. The second-order valence-electron chi connectivity index (χ2n) is 8.84. The lowest BCUT2D eigenvalue weighted by molar-refractivity contribution is -0.135. The molecule has 2 N–H and O–H groups in total. The Balaban J connectivity index is 1.31. The van der Waals surface area contributed by atoms with Gasteiger partial charge >= 0.3 is 0 Å². The number of ether oxygens (including phenoxy) is 1. The maximum absolute atomic E-state index is 12.9. The third-order valence-electron chi connectivity index (χ3n) is 6.67. The number of likely N-dealkylation sites (N-methyl/N-ethyl adjacent to an activating group) is 1. The second-order valence-corrected chi connectivity index (χ2v) is 9.23. The Bertz CT molecular complexity index is 1220. The van der Waals surface area contributed by atoms with Gasteiger partial charge in [0, 0.05) is 38.7 Å². The third kappa shape index (κ3) is 4.07. The van der Waals surface area contributed by atoms with Gasteiger partial charge in [-0.2, -0.15) is 10.1 Å². The SMILES string of the molecule is COC1(C2C(=O)Nc3c(C)nc(NCc4cnn(Cc5ccnc(Cl)c5)c4)nc3N2C)CCC1. The van der Waals surface area contributed by atoms with Gasteiger partial charge in [0.25, 0.3) is 0 Å². The molecule has 1 unspecified atom stereocenters. The normalized spacial score (nSPS) is 18.8. The molecule has 4 heterocycles. The number of hydrogen-bond acceptors (Lipinski definition) is 8. The molecule has 0 aromatic carbocycles. The molecular weight excluding hydrogens is 456 g/mol. The van der Waals surface area contributed by atoms with Crippen LogP contribution in [0.4, 0.5) is 17.5 Å². The van der Waals surface area contributed by atoms with E-state index >= 15 is 0 Å². The zero-order valence-corrected chi connectivity index (χ0v) is 20.1. The van der Waals surface area contributed by atoms with Crippen LogP contribution in [0.25, 0.3) is 0 Å². The van der Waals surface area contributed by atoms with Crippen LogP contribution in [0.1, 0.15) is 36.1 Å². The fourth-order valence-electron chi connectivity index (χ4n) is 4.73. The first kappa shape index (κ1) is 22.5. The summed E-state index contributed by atoms with van der Waals surface area (Å²) < 4.78 is 7.65. The van der Waals surface area contributed by atoms with Crippen LogP contribution in [-0.2, 0) is 22.6 Å². The van der Waals surface area contributed by atoms with E-state index in [-0.39, 0.29) is 5.91 Å². The Kier molecular flexibility index (Phi) is 5.86. The van der Waals surface area contributed by atoms with Crippen molar-refractivity contribution in [3.05, 3.63) is 52.7 Å². The number of pyridine rings is 1. The van der Waals surface area contributed by atoms with Crippen LogP contribution in [0.15, 0.2) is 30.7 Å². The number of nitrogens with one attached hydrogen (secondary N) is 2.